The zero-order valence-electron chi connectivity index (χ0n) is 16.8. The predicted octanol–water partition coefficient (Wildman–Crippen LogP) is 5.88. The topological polar surface area (TPSA) is 29.1 Å². The standard InChI is InChI=1S/C25H29NO/c1-5-22(27)15-12-19-10-13-20(14-11-19)24-16-21(17-25(3,4)26-24)23-9-7-6-8-18(23)2/h6-16,24,26H,5,17H2,1-4H3/b15-12+. The van der Waals surface area contributed by atoms with Gasteiger partial charge in [0.1, 0.15) is 0 Å². The summed E-state index contributed by atoms with van der Waals surface area (Å²) in [4.78, 5) is 11.5. The van der Waals surface area contributed by atoms with Crippen molar-refractivity contribution >= 4 is 17.4 Å². The highest BCUT2D eigenvalue weighted by Gasteiger charge is 2.29. The minimum Gasteiger partial charge on any atom is -0.301 e. The van der Waals surface area contributed by atoms with Gasteiger partial charge in [-0.15, -0.1) is 0 Å². The Bertz CT molecular complexity index is 871. The van der Waals surface area contributed by atoms with Crippen LogP contribution in [0.25, 0.3) is 11.6 Å². The third-order valence-corrected chi connectivity index (χ3v) is 5.14. The van der Waals surface area contributed by atoms with Crippen LogP contribution in [0.15, 0.2) is 60.7 Å². The largest absolute Gasteiger partial charge is 0.301 e. The van der Waals surface area contributed by atoms with Gasteiger partial charge < -0.3 is 5.32 Å². The van der Waals surface area contributed by atoms with Crippen LogP contribution in [0.3, 0.4) is 0 Å². The number of ketones is 1. The Labute approximate surface area is 163 Å². The fraction of sp³-hybridized carbons (Fsp3) is 0.320. The van der Waals surface area contributed by atoms with E-state index in [4.69, 9.17) is 0 Å². The SMILES string of the molecule is CCC(=O)/C=C/c1ccc(C2C=C(c3ccccc3C)CC(C)(C)N2)cc1. The molecule has 27 heavy (non-hydrogen) atoms. The van der Waals surface area contributed by atoms with E-state index < -0.39 is 0 Å². The first-order valence-corrected chi connectivity index (χ1v) is 9.73. The molecule has 0 fully saturated rings. The lowest BCUT2D eigenvalue weighted by Crippen LogP contribution is -2.44. The molecule has 3 rings (SSSR count). The molecule has 2 nitrogen and oxygen atoms in total. The normalized spacial score (nSPS) is 19.1. The van der Waals surface area contributed by atoms with E-state index in [1.54, 1.807) is 6.08 Å². The number of hydrogen-bond acceptors (Lipinski definition) is 2. The van der Waals surface area contributed by atoms with Crippen LogP contribution in [-0.4, -0.2) is 11.3 Å². The van der Waals surface area contributed by atoms with E-state index >= 15 is 0 Å². The summed E-state index contributed by atoms with van der Waals surface area (Å²) in [6.45, 7) is 8.58. The van der Waals surface area contributed by atoms with Crippen molar-refractivity contribution in [2.24, 2.45) is 0 Å². The van der Waals surface area contributed by atoms with E-state index in [1.807, 2.05) is 13.0 Å². The van der Waals surface area contributed by atoms with Gasteiger partial charge in [-0.3, -0.25) is 4.79 Å². The summed E-state index contributed by atoms with van der Waals surface area (Å²) in [5, 5.41) is 3.76. The molecule has 0 amide bonds. The van der Waals surface area contributed by atoms with E-state index in [-0.39, 0.29) is 17.4 Å². The average molecular weight is 360 g/mol. The first-order chi connectivity index (χ1) is 12.9. The van der Waals surface area contributed by atoms with Crippen molar-refractivity contribution in [2.45, 2.75) is 52.1 Å². The molecular formula is C25H29NO. The molecule has 1 aliphatic rings. The Hall–Kier alpha value is -2.45. The number of carbonyl (C=O) groups is 1. The maximum Gasteiger partial charge on any atom is 0.155 e. The van der Waals surface area contributed by atoms with Crippen LogP contribution in [0.4, 0.5) is 0 Å². The molecule has 2 aromatic carbocycles. The van der Waals surface area contributed by atoms with Crippen molar-refractivity contribution in [3.05, 3.63) is 82.9 Å². The molecular weight excluding hydrogens is 330 g/mol. The number of allylic oxidation sites excluding steroid dienone is 1. The van der Waals surface area contributed by atoms with Gasteiger partial charge in [0.15, 0.2) is 5.78 Å². The Morgan fingerprint density at radius 2 is 1.85 bits per heavy atom. The Morgan fingerprint density at radius 1 is 1.15 bits per heavy atom. The summed E-state index contributed by atoms with van der Waals surface area (Å²) >= 11 is 0. The van der Waals surface area contributed by atoms with Gasteiger partial charge in [0.25, 0.3) is 0 Å². The van der Waals surface area contributed by atoms with Crippen LogP contribution in [0.2, 0.25) is 0 Å². The Kier molecular flexibility index (Phi) is 5.76. The highest BCUT2D eigenvalue weighted by atomic mass is 16.1. The van der Waals surface area contributed by atoms with Crippen molar-refractivity contribution in [3.63, 3.8) is 0 Å². The van der Waals surface area contributed by atoms with Crippen LogP contribution in [0.5, 0.6) is 0 Å². The van der Waals surface area contributed by atoms with Gasteiger partial charge >= 0.3 is 0 Å². The monoisotopic (exact) mass is 359 g/mol. The fourth-order valence-electron chi connectivity index (χ4n) is 3.67. The second-order valence-corrected chi connectivity index (χ2v) is 8.01. The van der Waals surface area contributed by atoms with Crippen molar-refractivity contribution in [1.82, 2.24) is 5.32 Å². The molecule has 0 spiro atoms. The van der Waals surface area contributed by atoms with E-state index in [0.717, 1.165) is 12.0 Å². The summed E-state index contributed by atoms with van der Waals surface area (Å²) in [7, 11) is 0. The Morgan fingerprint density at radius 3 is 2.52 bits per heavy atom. The maximum atomic E-state index is 11.5. The van der Waals surface area contributed by atoms with Crippen LogP contribution in [-0.2, 0) is 4.79 Å². The van der Waals surface area contributed by atoms with Gasteiger partial charge in [-0.1, -0.05) is 67.6 Å². The molecule has 0 bridgehead atoms. The van der Waals surface area contributed by atoms with Gasteiger partial charge in [-0.05, 0) is 61.1 Å². The van der Waals surface area contributed by atoms with Crippen molar-refractivity contribution in [1.29, 1.82) is 0 Å². The van der Waals surface area contributed by atoms with Gasteiger partial charge in [-0.2, -0.15) is 0 Å². The van der Waals surface area contributed by atoms with Crippen LogP contribution in [0, 0.1) is 6.92 Å². The molecule has 1 aliphatic heterocycles. The van der Waals surface area contributed by atoms with Gasteiger partial charge in [0.2, 0.25) is 0 Å². The van der Waals surface area contributed by atoms with E-state index in [2.05, 4.69) is 80.7 Å². The summed E-state index contributed by atoms with van der Waals surface area (Å²) in [5.41, 5.74) is 6.39. The van der Waals surface area contributed by atoms with E-state index in [9.17, 15) is 4.79 Å². The van der Waals surface area contributed by atoms with Crippen LogP contribution >= 0.6 is 0 Å². The molecule has 0 aromatic heterocycles. The molecule has 1 N–H and O–H groups in total. The highest BCUT2D eigenvalue weighted by Crippen LogP contribution is 2.36. The molecule has 0 saturated carbocycles. The smallest absolute Gasteiger partial charge is 0.155 e. The number of hydrogen-bond donors (Lipinski definition) is 1. The number of rotatable bonds is 5. The second kappa shape index (κ2) is 8.06. The Balaban J connectivity index is 1.88. The van der Waals surface area contributed by atoms with Crippen molar-refractivity contribution in [3.8, 4) is 0 Å². The highest BCUT2D eigenvalue weighted by molar-refractivity contribution is 5.93. The molecule has 1 heterocycles. The number of aryl methyl sites for hydroxylation is 1. The first kappa shape index (κ1) is 19.3. The van der Waals surface area contributed by atoms with Gasteiger partial charge in [-0.25, -0.2) is 0 Å². The minimum atomic E-state index is 0.0309. The van der Waals surface area contributed by atoms with Crippen molar-refractivity contribution in [2.75, 3.05) is 0 Å². The zero-order valence-corrected chi connectivity index (χ0v) is 16.8. The molecule has 1 atom stereocenters. The lowest BCUT2D eigenvalue weighted by Gasteiger charge is -2.37. The molecule has 0 radical (unpaired) electrons. The first-order valence-electron chi connectivity index (χ1n) is 9.73. The summed E-state index contributed by atoms with van der Waals surface area (Å²) in [5.74, 6) is 0.153. The van der Waals surface area contributed by atoms with E-state index in [1.165, 1.54) is 22.3 Å². The molecule has 2 aromatic rings. The molecule has 140 valence electrons. The lowest BCUT2D eigenvalue weighted by molar-refractivity contribution is -0.114. The fourth-order valence-corrected chi connectivity index (χ4v) is 3.67. The second-order valence-electron chi connectivity index (χ2n) is 8.01. The van der Waals surface area contributed by atoms with E-state index in [0.29, 0.717) is 6.42 Å². The minimum absolute atomic E-state index is 0.0309. The third kappa shape index (κ3) is 4.84. The summed E-state index contributed by atoms with van der Waals surface area (Å²) in [6.07, 6.45) is 7.46. The van der Waals surface area contributed by atoms with Crippen LogP contribution < -0.4 is 5.32 Å². The molecule has 0 saturated heterocycles. The molecule has 1 unspecified atom stereocenters. The number of carbonyl (C=O) groups excluding carboxylic acids is 1. The van der Waals surface area contributed by atoms with Gasteiger partial charge in [0, 0.05) is 12.0 Å². The quantitative estimate of drug-likeness (QED) is 0.675. The molecule has 0 aliphatic carbocycles. The lowest BCUT2D eigenvalue weighted by atomic mass is 9.82. The summed E-state index contributed by atoms with van der Waals surface area (Å²) < 4.78 is 0. The number of benzene rings is 2. The summed E-state index contributed by atoms with van der Waals surface area (Å²) in [6, 6.07) is 17.3. The number of nitrogens with one attached hydrogen (secondary N) is 1. The zero-order chi connectivity index (χ0) is 19.4. The third-order valence-electron chi connectivity index (χ3n) is 5.14. The predicted molar refractivity (Wildman–Crippen MR) is 115 cm³/mol. The average Bonchev–Trinajstić information content (AvgIpc) is 2.65. The maximum absolute atomic E-state index is 11.5. The van der Waals surface area contributed by atoms with Gasteiger partial charge in [0.05, 0.1) is 6.04 Å². The molecule has 2 heteroatoms. The van der Waals surface area contributed by atoms with Crippen LogP contribution in [0.1, 0.15) is 61.9 Å². The van der Waals surface area contributed by atoms with Crippen molar-refractivity contribution < 1.29 is 4.79 Å².